The van der Waals surface area contributed by atoms with Gasteiger partial charge in [0.1, 0.15) is 24.3 Å². The first kappa shape index (κ1) is 12.4. The molecular formula is C10H4N10. The molecule has 0 aliphatic heterocycles. The number of hydrazine groups is 1. The van der Waals surface area contributed by atoms with Gasteiger partial charge in [-0.3, -0.25) is 10.9 Å². The molecule has 0 unspecified atom stereocenters. The standard InChI is InChI=1S/C10H4N10/c11-1-5-6(2-12)16-9(15-5)19-20-10-17-7(3-13)8(4-14)18-10/h(H2,15,16,19)(H2,17,18,20). The molecule has 0 fully saturated rings. The second-order valence-corrected chi connectivity index (χ2v) is 3.32. The Bertz CT molecular complexity index is 679. The molecule has 0 amide bonds. The van der Waals surface area contributed by atoms with Crippen molar-refractivity contribution in [1.82, 2.24) is 19.9 Å². The van der Waals surface area contributed by atoms with Crippen molar-refractivity contribution in [1.29, 1.82) is 21.0 Å². The number of aromatic amines is 2. The predicted octanol–water partition coefficient (Wildman–Crippen LogP) is 0.0585. The van der Waals surface area contributed by atoms with Gasteiger partial charge < -0.3 is 9.97 Å². The summed E-state index contributed by atoms with van der Waals surface area (Å²) in [7, 11) is 0. The summed E-state index contributed by atoms with van der Waals surface area (Å²) in [5.74, 6) is 0.234. The van der Waals surface area contributed by atoms with Crippen LogP contribution >= 0.6 is 0 Å². The third kappa shape index (κ3) is 2.17. The lowest BCUT2D eigenvalue weighted by molar-refractivity contribution is 1.17. The van der Waals surface area contributed by atoms with Crippen LogP contribution < -0.4 is 10.9 Å². The Kier molecular flexibility index (Phi) is 3.17. The number of hydrogen-bond acceptors (Lipinski definition) is 8. The average molecular weight is 264 g/mol. The Labute approximate surface area is 111 Å². The van der Waals surface area contributed by atoms with E-state index in [9.17, 15) is 0 Å². The molecule has 10 heteroatoms. The molecule has 0 radical (unpaired) electrons. The molecule has 2 rings (SSSR count). The Morgan fingerprint density at radius 2 is 1.10 bits per heavy atom. The summed E-state index contributed by atoms with van der Waals surface area (Å²) in [5.41, 5.74) is 5.04. The fourth-order valence-electron chi connectivity index (χ4n) is 1.31. The van der Waals surface area contributed by atoms with Crippen molar-refractivity contribution in [2.24, 2.45) is 0 Å². The zero-order chi connectivity index (χ0) is 14.5. The van der Waals surface area contributed by atoms with Crippen LogP contribution in [-0.4, -0.2) is 19.9 Å². The topological polar surface area (TPSA) is 177 Å². The second kappa shape index (κ2) is 5.09. The van der Waals surface area contributed by atoms with Gasteiger partial charge in [0.15, 0.2) is 22.8 Å². The minimum atomic E-state index is -0.0494. The van der Waals surface area contributed by atoms with E-state index in [1.165, 1.54) is 0 Å². The van der Waals surface area contributed by atoms with Crippen molar-refractivity contribution >= 4 is 11.9 Å². The van der Waals surface area contributed by atoms with Crippen molar-refractivity contribution in [3.05, 3.63) is 22.8 Å². The molecule has 10 nitrogen and oxygen atoms in total. The van der Waals surface area contributed by atoms with Gasteiger partial charge in [-0.25, -0.2) is 0 Å². The number of nitrogens with zero attached hydrogens (tertiary/aromatic N) is 6. The van der Waals surface area contributed by atoms with Crippen LogP contribution in [0.1, 0.15) is 22.8 Å². The van der Waals surface area contributed by atoms with Crippen LogP contribution in [0.2, 0.25) is 0 Å². The molecule has 2 heterocycles. The van der Waals surface area contributed by atoms with E-state index in [1.54, 1.807) is 24.3 Å². The fraction of sp³-hybridized carbons (Fsp3) is 0. The average Bonchev–Trinajstić information content (AvgIpc) is 3.07. The Morgan fingerprint density at radius 1 is 0.700 bits per heavy atom. The molecule has 0 spiro atoms. The van der Waals surface area contributed by atoms with Gasteiger partial charge >= 0.3 is 0 Å². The SMILES string of the molecule is N#Cc1nc(NNc2nc(C#N)c(C#N)[nH]2)[nH]c1C#N. The fourth-order valence-corrected chi connectivity index (χ4v) is 1.31. The number of nitrogens with one attached hydrogen (secondary N) is 4. The van der Waals surface area contributed by atoms with Crippen LogP contribution in [0.25, 0.3) is 0 Å². The van der Waals surface area contributed by atoms with Gasteiger partial charge in [0.2, 0.25) is 11.9 Å². The van der Waals surface area contributed by atoms with E-state index >= 15 is 0 Å². The normalized spacial score (nSPS) is 8.80. The van der Waals surface area contributed by atoms with Crippen molar-refractivity contribution in [3.8, 4) is 24.3 Å². The molecule has 94 valence electrons. The van der Waals surface area contributed by atoms with Gasteiger partial charge in [-0.1, -0.05) is 0 Å². The highest BCUT2D eigenvalue weighted by Gasteiger charge is 2.11. The Hall–Kier alpha value is -4.02. The van der Waals surface area contributed by atoms with Crippen molar-refractivity contribution in [2.45, 2.75) is 0 Å². The highest BCUT2D eigenvalue weighted by Crippen LogP contribution is 2.10. The number of rotatable bonds is 3. The predicted molar refractivity (Wildman–Crippen MR) is 63.3 cm³/mol. The van der Waals surface area contributed by atoms with Crippen LogP contribution in [0.4, 0.5) is 11.9 Å². The monoisotopic (exact) mass is 264 g/mol. The highest BCUT2D eigenvalue weighted by atomic mass is 15.5. The Morgan fingerprint density at radius 3 is 1.35 bits per heavy atom. The van der Waals surface area contributed by atoms with Crippen molar-refractivity contribution < 1.29 is 0 Å². The van der Waals surface area contributed by atoms with Crippen molar-refractivity contribution in [2.75, 3.05) is 10.9 Å². The maximum atomic E-state index is 8.74. The van der Waals surface area contributed by atoms with E-state index in [1.807, 2.05) is 0 Å². The number of hydrogen-bond donors (Lipinski definition) is 4. The lowest BCUT2D eigenvalue weighted by Gasteiger charge is -2.01. The molecule has 0 aliphatic carbocycles. The largest absolute Gasteiger partial charge is 0.313 e. The van der Waals surface area contributed by atoms with Crippen LogP contribution in [0.15, 0.2) is 0 Å². The zero-order valence-electron chi connectivity index (χ0n) is 9.68. The summed E-state index contributed by atoms with van der Waals surface area (Å²) in [4.78, 5) is 12.7. The molecule has 0 aromatic carbocycles. The van der Waals surface area contributed by atoms with Crippen molar-refractivity contribution in [3.63, 3.8) is 0 Å². The van der Waals surface area contributed by atoms with E-state index in [0.29, 0.717) is 0 Å². The second-order valence-electron chi connectivity index (χ2n) is 3.32. The third-order valence-electron chi connectivity index (χ3n) is 2.14. The summed E-state index contributed by atoms with van der Waals surface area (Å²) in [6.45, 7) is 0. The Balaban J connectivity index is 2.14. The molecule has 0 atom stereocenters. The highest BCUT2D eigenvalue weighted by molar-refractivity contribution is 5.48. The minimum absolute atomic E-state index is 0.0201. The molecule has 20 heavy (non-hydrogen) atoms. The van der Waals surface area contributed by atoms with E-state index in [4.69, 9.17) is 21.0 Å². The first-order chi connectivity index (χ1) is 9.71. The molecule has 2 aromatic heterocycles. The zero-order valence-corrected chi connectivity index (χ0v) is 9.68. The van der Waals surface area contributed by atoms with E-state index in [0.717, 1.165) is 0 Å². The summed E-state index contributed by atoms with van der Waals surface area (Å²) in [6, 6.07) is 7.07. The maximum Gasteiger partial charge on any atom is 0.221 e. The first-order valence-corrected chi connectivity index (χ1v) is 5.04. The molecule has 0 aliphatic rings. The number of aromatic nitrogens is 4. The number of H-pyrrole nitrogens is 2. The number of anilines is 2. The molecule has 0 saturated carbocycles. The van der Waals surface area contributed by atoms with Gasteiger partial charge in [-0.15, -0.1) is 0 Å². The molecular weight excluding hydrogens is 260 g/mol. The lowest BCUT2D eigenvalue weighted by Crippen LogP contribution is -2.11. The lowest BCUT2D eigenvalue weighted by atomic mass is 10.4. The quantitative estimate of drug-likeness (QED) is 0.562. The first-order valence-electron chi connectivity index (χ1n) is 5.04. The number of nitriles is 4. The van der Waals surface area contributed by atoms with Gasteiger partial charge in [-0.05, 0) is 0 Å². The minimum Gasteiger partial charge on any atom is -0.313 e. The van der Waals surface area contributed by atoms with E-state index < -0.39 is 0 Å². The summed E-state index contributed by atoms with van der Waals surface area (Å²) in [5, 5.41) is 34.9. The van der Waals surface area contributed by atoms with Gasteiger partial charge in [0.25, 0.3) is 0 Å². The molecule has 0 bridgehead atoms. The van der Waals surface area contributed by atoms with Crippen LogP contribution in [0.5, 0.6) is 0 Å². The third-order valence-corrected chi connectivity index (χ3v) is 2.14. The summed E-state index contributed by atoms with van der Waals surface area (Å²) < 4.78 is 0. The summed E-state index contributed by atoms with van der Waals surface area (Å²) >= 11 is 0. The van der Waals surface area contributed by atoms with Crippen LogP contribution in [-0.2, 0) is 0 Å². The molecule has 4 N–H and O–H groups in total. The smallest absolute Gasteiger partial charge is 0.221 e. The molecule has 2 aromatic rings. The van der Waals surface area contributed by atoms with Crippen LogP contribution in [0.3, 0.4) is 0 Å². The maximum absolute atomic E-state index is 8.74. The number of imidazole rings is 2. The van der Waals surface area contributed by atoms with E-state index in [2.05, 4.69) is 30.8 Å². The van der Waals surface area contributed by atoms with Gasteiger partial charge in [-0.2, -0.15) is 31.0 Å². The van der Waals surface area contributed by atoms with Crippen LogP contribution in [0, 0.1) is 45.3 Å². The molecule has 0 saturated heterocycles. The van der Waals surface area contributed by atoms with Gasteiger partial charge in [0.05, 0.1) is 0 Å². The van der Waals surface area contributed by atoms with E-state index in [-0.39, 0.29) is 34.7 Å². The van der Waals surface area contributed by atoms with Gasteiger partial charge in [0, 0.05) is 0 Å². The summed E-state index contributed by atoms with van der Waals surface area (Å²) in [6.07, 6.45) is 0.